The summed E-state index contributed by atoms with van der Waals surface area (Å²) in [5.74, 6) is 1.47. The normalized spacial score (nSPS) is 10.4. The van der Waals surface area contributed by atoms with Crippen molar-refractivity contribution in [2.24, 2.45) is 0 Å². The Morgan fingerprint density at radius 3 is 2.86 bits per heavy atom. The molecule has 0 aliphatic rings. The predicted molar refractivity (Wildman–Crippen MR) is 52.5 cm³/mol. The minimum absolute atomic E-state index is 0.637. The molecular formula is C10H11N3O. The zero-order valence-corrected chi connectivity index (χ0v) is 7.90. The molecule has 0 bridgehead atoms. The van der Waals surface area contributed by atoms with Crippen LogP contribution in [-0.4, -0.2) is 17.0 Å². The standard InChI is InChI=1S/C10H11N3O/c1-11-6-9-7-13-10(14-9)8-2-4-12-5-3-8/h2-5,7,11H,6H2,1H3. The molecule has 0 radical (unpaired) electrons. The van der Waals surface area contributed by atoms with Crippen molar-refractivity contribution in [3.05, 3.63) is 36.5 Å². The topological polar surface area (TPSA) is 51.0 Å². The van der Waals surface area contributed by atoms with Crippen LogP contribution in [0.25, 0.3) is 11.5 Å². The molecule has 0 fully saturated rings. The smallest absolute Gasteiger partial charge is 0.226 e. The van der Waals surface area contributed by atoms with Gasteiger partial charge in [0.2, 0.25) is 5.89 Å². The molecule has 72 valence electrons. The maximum Gasteiger partial charge on any atom is 0.226 e. The van der Waals surface area contributed by atoms with Gasteiger partial charge < -0.3 is 9.73 Å². The first-order valence-corrected chi connectivity index (χ1v) is 4.40. The van der Waals surface area contributed by atoms with Crippen LogP contribution in [-0.2, 0) is 6.54 Å². The molecule has 0 saturated carbocycles. The summed E-state index contributed by atoms with van der Waals surface area (Å²) in [7, 11) is 1.87. The summed E-state index contributed by atoms with van der Waals surface area (Å²) in [5.41, 5.74) is 0.947. The average molecular weight is 189 g/mol. The van der Waals surface area contributed by atoms with Gasteiger partial charge in [0, 0.05) is 18.0 Å². The Labute approximate surface area is 82.0 Å². The molecule has 0 unspecified atom stereocenters. The van der Waals surface area contributed by atoms with Crippen LogP contribution in [0.5, 0.6) is 0 Å². The first kappa shape index (κ1) is 8.90. The largest absolute Gasteiger partial charge is 0.440 e. The van der Waals surface area contributed by atoms with Gasteiger partial charge in [-0.25, -0.2) is 4.98 Å². The highest BCUT2D eigenvalue weighted by atomic mass is 16.4. The second kappa shape index (κ2) is 4.02. The third-order valence-electron chi connectivity index (χ3n) is 1.83. The Bertz CT molecular complexity index is 397. The van der Waals surface area contributed by atoms with Gasteiger partial charge in [-0.15, -0.1) is 0 Å². The molecule has 1 N–H and O–H groups in total. The quantitative estimate of drug-likeness (QED) is 0.794. The zero-order valence-electron chi connectivity index (χ0n) is 7.90. The SMILES string of the molecule is CNCc1cnc(-c2ccncc2)o1. The van der Waals surface area contributed by atoms with Crippen LogP contribution in [0, 0.1) is 0 Å². The maximum absolute atomic E-state index is 5.51. The minimum atomic E-state index is 0.637. The molecule has 0 amide bonds. The van der Waals surface area contributed by atoms with Gasteiger partial charge in [-0.2, -0.15) is 0 Å². The van der Waals surface area contributed by atoms with Crippen LogP contribution in [0.4, 0.5) is 0 Å². The Hall–Kier alpha value is -1.68. The van der Waals surface area contributed by atoms with E-state index in [-0.39, 0.29) is 0 Å². The van der Waals surface area contributed by atoms with E-state index in [0.29, 0.717) is 12.4 Å². The van der Waals surface area contributed by atoms with Crippen molar-refractivity contribution in [2.45, 2.75) is 6.54 Å². The first-order chi connectivity index (χ1) is 6.90. The molecule has 2 rings (SSSR count). The number of pyridine rings is 1. The van der Waals surface area contributed by atoms with E-state index >= 15 is 0 Å². The van der Waals surface area contributed by atoms with Crippen LogP contribution in [0.15, 0.2) is 35.1 Å². The van der Waals surface area contributed by atoms with E-state index in [1.807, 2.05) is 19.2 Å². The number of rotatable bonds is 3. The summed E-state index contributed by atoms with van der Waals surface area (Å²) in [5, 5.41) is 3.00. The number of nitrogens with zero attached hydrogens (tertiary/aromatic N) is 2. The highest BCUT2D eigenvalue weighted by Gasteiger charge is 2.04. The van der Waals surface area contributed by atoms with Gasteiger partial charge in [0.1, 0.15) is 5.76 Å². The number of aromatic nitrogens is 2. The lowest BCUT2D eigenvalue weighted by atomic mass is 10.3. The molecule has 0 spiro atoms. The van der Waals surface area contributed by atoms with Crippen LogP contribution < -0.4 is 5.32 Å². The fourth-order valence-electron chi connectivity index (χ4n) is 1.19. The van der Waals surface area contributed by atoms with E-state index in [1.165, 1.54) is 0 Å². The van der Waals surface area contributed by atoms with E-state index in [4.69, 9.17) is 4.42 Å². The molecule has 2 heterocycles. The Morgan fingerprint density at radius 2 is 2.14 bits per heavy atom. The van der Waals surface area contributed by atoms with Crippen molar-refractivity contribution in [3.63, 3.8) is 0 Å². The molecule has 0 saturated heterocycles. The fraction of sp³-hybridized carbons (Fsp3) is 0.200. The molecule has 14 heavy (non-hydrogen) atoms. The van der Waals surface area contributed by atoms with Gasteiger partial charge in [0.15, 0.2) is 0 Å². The van der Waals surface area contributed by atoms with Crippen molar-refractivity contribution in [1.82, 2.24) is 15.3 Å². The molecule has 0 aliphatic heterocycles. The number of hydrogen-bond donors (Lipinski definition) is 1. The van der Waals surface area contributed by atoms with Crippen molar-refractivity contribution in [3.8, 4) is 11.5 Å². The van der Waals surface area contributed by atoms with E-state index in [9.17, 15) is 0 Å². The zero-order chi connectivity index (χ0) is 9.80. The molecule has 4 heteroatoms. The van der Waals surface area contributed by atoms with E-state index in [0.717, 1.165) is 11.3 Å². The number of nitrogens with one attached hydrogen (secondary N) is 1. The highest BCUT2D eigenvalue weighted by Crippen LogP contribution is 2.17. The van der Waals surface area contributed by atoms with Crippen molar-refractivity contribution in [1.29, 1.82) is 0 Å². The second-order valence-electron chi connectivity index (χ2n) is 2.90. The fourth-order valence-corrected chi connectivity index (χ4v) is 1.19. The monoisotopic (exact) mass is 189 g/mol. The van der Waals surface area contributed by atoms with Gasteiger partial charge in [-0.3, -0.25) is 4.98 Å². The summed E-state index contributed by atoms with van der Waals surface area (Å²) in [4.78, 5) is 8.10. The molecule has 0 aromatic carbocycles. The van der Waals surface area contributed by atoms with Gasteiger partial charge in [0.05, 0.1) is 12.7 Å². The van der Waals surface area contributed by atoms with E-state index in [1.54, 1.807) is 18.6 Å². The molecule has 2 aromatic rings. The third kappa shape index (κ3) is 1.80. The lowest BCUT2D eigenvalue weighted by Crippen LogP contribution is -2.03. The van der Waals surface area contributed by atoms with Gasteiger partial charge in [0.25, 0.3) is 0 Å². The summed E-state index contributed by atoms with van der Waals surface area (Å²) in [6, 6.07) is 3.74. The number of hydrogen-bond acceptors (Lipinski definition) is 4. The molecule has 0 aliphatic carbocycles. The first-order valence-electron chi connectivity index (χ1n) is 4.40. The van der Waals surface area contributed by atoms with Crippen molar-refractivity contribution < 1.29 is 4.42 Å². The van der Waals surface area contributed by atoms with E-state index in [2.05, 4.69) is 15.3 Å². The lowest BCUT2D eigenvalue weighted by Gasteiger charge is -1.94. The highest BCUT2D eigenvalue weighted by molar-refractivity contribution is 5.51. The Balaban J connectivity index is 2.25. The lowest BCUT2D eigenvalue weighted by molar-refractivity contribution is 0.503. The summed E-state index contributed by atoms with van der Waals surface area (Å²) < 4.78 is 5.51. The Kier molecular flexibility index (Phi) is 2.55. The van der Waals surface area contributed by atoms with Gasteiger partial charge >= 0.3 is 0 Å². The predicted octanol–water partition coefficient (Wildman–Crippen LogP) is 1.46. The van der Waals surface area contributed by atoms with Crippen LogP contribution in [0.3, 0.4) is 0 Å². The minimum Gasteiger partial charge on any atom is -0.440 e. The Morgan fingerprint density at radius 1 is 1.36 bits per heavy atom. The molecule has 0 atom stereocenters. The van der Waals surface area contributed by atoms with Gasteiger partial charge in [-0.05, 0) is 19.2 Å². The van der Waals surface area contributed by atoms with Crippen LogP contribution in [0.1, 0.15) is 5.76 Å². The molecule has 2 aromatic heterocycles. The third-order valence-corrected chi connectivity index (χ3v) is 1.83. The average Bonchev–Trinajstić information content (AvgIpc) is 2.68. The van der Waals surface area contributed by atoms with Crippen molar-refractivity contribution >= 4 is 0 Å². The number of oxazole rings is 1. The second-order valence-corrected chi connectivity index (χ2v) is 2.90. The van der Waals surface area contributed by atoms with Crippen LogP contribution >= 0.6 is 0 Å². The summed E-state index contributed by atoms with van der Waals surface area (Å²) in [6.45, 7) is 0.693. The van der Waals surface area contributed by atoms with Crippen LogP contribution in [0.2, 0.25) is 0 Å². The maximum atomic E-state index is 5.51. The van der Waals surface area contributed by atoms with Gasteiger partial charge in [-0.1, -0.05) is 0 Å². The summed E-state index contributed by atoms with van der Waals surface area (Å²) >= 11 is 0. The van der Waals surface area contributed by atoms with E-state index < -0.39 is 0 Å². The van der Waals surface area contributed by atoms with Crippen molar-refractivity contribution in [2.75, 3.05) is 7.05 Å². The molecule has 4 nitrogen and oxygen atoms in total. The molecular weight excluding hydrogens is 178 g/mol. The summed E-state index contributed by atoms with van der Waals surface area (Å²) in [6.07, 6.45) is 5.17.